The van der Waals surface area contributed by atoms with Crippen LogP contribution in [0.1, 0.15) is 30.9 Å². The Morgan fingerprint density at radius 1 is 1.22 bits per heavy atom. The van der Waals surface area contributed by atoms with Gasteiger partial charge in [0.2, 0.25) is 0 Å². The van der Waals surface area contributed by atoms with Gasteiger partial charge in [-0.2, -0.15) is 0 Å². The third kappa shape index (κ3) is 6.47. The molecule has 18 heavy (non-hydrogen) atoms. The van der Waals surface area contributed by atoms with E-state index in [-0.39, 0.29) is 18.4 Å². The number of pyridine rings is 1. The Balaban J connectivity index is 0.000000331. The van der Waals surface area contributed by atoms with Crippen LogP contribution in [0.2, 0.25) is 0 Å². The van der Waals surface area contributed by atoms with Crippen LogP contribution in [0.15, 0.2) is 17.1 Å². The van der Waals surface area contributed by atoms with Crippen molar-refractivity contribution in [2.75, 3.05) is 0 Å². The van der Waals surface area contributed by atoms with Crippen molar-refractivity contribution >= 4 is 11.9 Å². The molecule has 0 aliphatic rings. The van der Waals surface area contributed by atoms with Crippen LogP contribution in [0.3, 0.4) is 0 Å². The van der Waals surface area contributed by atoms with Gasteiger partial charge < -0.3 is 15.2 Å². The topological polar surface area (TPSA) is 107 Å². The van der Waals surface area contributed by atoms with Gasteiger partial charge in [0.05, 0.1) is 12.8 Å². The molecule has 6 heteroatoms. The molecule has 0 saturated heterocycles. The van der Waals surface area contributed by atoms with E-state index in [4.69, 9.17) is 10.2 Å². The molecule has 0 radical (unpaired) electrons. The van der Waals surface area contributed by atoms with E-state index in [9.17, 15) is 14.4 Å². The molecule has 0 atom stereocenters. The van der Waals surface area contributed by atoms with Gasteiger partial charge >= 0.3 is 11.9 Å². The number of aliphatic carboxylic acids is 2. The fourth-order valence-electron chi connectivity index (χ4n) is 1.26. The standard InChI is InChI=1S/C8H11NO.C4H6O4/c1-3-7-6(2)4-5-9-8(7)10;5-3(6)1-2-4(7)8/h4-5H,3H2,1-2H3,(H,9,10);1-2H2,(H,5,6)(H,7,8). The third-order valence-corrected chi connectivity index (χ3v) is 2.20. The first-order valence-corrected chi connectivity index (χ1v) is 5.49. The van der Waals surface area contributed by atoms with Crippen LogP contribution in [0, 0.1) is 6.92 Å². The summed E-state index contributed by atoms with van der Waals surface area (Å²) in [6.45, 7) is 3.94. The van der Waals surface area contributed by atoms with Crippen molar-refractivity contribution < 1.29 is 19.8 Å². The highest BCUT2D eigenvalue weighted by atomic mass is 16.4. The predicted molar refractivity (Wildman–Crippen MR) is 65.7 cm³/mol. The molecule has 0 saturated carbocycles. The molecule has 0 bridgehead atoms. The molecule has 0 unspecified atom stereocenters. The number of carboxylic acid groups (broad SMARTS) is 2. The molecule has 0 aliphatic heterocycles. The van der Waals surface area contributed by atoms with Gasteiger partial charge in [-0.1, -0.05) is 6.92 Å². The van der Waals surface area contributed by atoms with Gasteiger partial charge in [-0.25, -0.2) is 0 Å². The number of aromatic amines is 1. The summed E-state index contributed by atoms with van der Waals surface area (Å²) in [5, 5.41) is 15.8. The number of H-pyrrole nitrogens is 1. The first kappa shape index (κ1) is 15.9. The van der Waals surface area contributed by atoms with Crippen LogP contribution in [-0.4, -0.2) is 27.1 Å². The Bertz CT molecular complexity index is 450. The second-order valence-electron chi connectivity index (χ2n) is 3.61. The van der Waals surface area contributed by atoms with Crippen molar-refractivity contribution in [2.24, 2.45) is 0 Å². The lowest BCUT2D eigenvalue weighted by Crippen LogP contribution is -2.12. The van der Waals surface area contributed by atoms with Gasteiger partial charge in [-0.15, -0.1) is 0 Å². The second kappa shape index (κ2) is 8.05. The van der Waals surface area contributed by atoms with E-state index < -0.39 is 11.9 Å². The number of hydrogen-bond acceptors (Lipinski definition) is 3. The van der Waals surface area contributed by atoms with Crippen molar-refractivity contribution in [2.45, 2.75) is 33.1 Å². The Labute approximate surface area is 104 Å². The molecule has 1 aromatic rings. The largest absolute Gasteiger partial charge is 0.481 e. The summed E-state index contributed by atoms with van der Waals surface area (Å²) < 4.78 is 0. The van der Waals surface area contributed by atoms with Crippen molar-refractivity contribution in [1.82, 2.24) is 4.98 Å². The third-order valence-electron chi connectivity index (χ3n) is 2.20. The average Bonchev–Trinajstić information content (AvgIpc) is 2.27. The minimum absolute atomic E-state index is 0.0440. The van der Waals surface area contributed by atoms with E-state index in [2.05, 4.69) is 4.98 Å². The van der Waals surface area contributed by atoms with Crippen molar-refractivity contribution in [3.63, 3.8) is 0 Å². The maximum Gasteiger partial charge on any atom is 0.303 e. The molecule has 0 spiro atoms. The van der Waals surface area contributed by atoms with Crippen LogP contribution >= 0.6 is 0 Å². The van der Waals surface area contributed by atoms with Crippen LogP contribution < -0.4 is 5.56 Å². The minimum atomic E-state index is -1.08. The van der Waals surface area contributed by atoms with Crippen LogP contribution in [0.25, 0.3) is 0 Å². The number of aromatic nitrogens is 1. The molecule has 0 aliphatic carbocycles. The summed E-state index contributed by atoms with van der Waals surface area (Å²) in [7, 11) is 0. The molecule has 100 valence electrons. The fourth-order valence-corrected chi connectivity index (χ4v) is 1.26. The highest BCUT2D eigenvalue weighted by Crippen LogP contribution is 1.99. The van der Waals surface area contributed by atoms with Crippen LogP contribution in [0.4, 0.5) is 0 Å². The summed E-state index contributed by atoms with van der Waals surface area (Å²) in [6, 6.07) is 1.92. The van der Waals surface area contributed by atoms with Gasteiger partial charge in [0.15, 0.2) is 0 Å². The Morgan fingerprint density at radius 3 is 2.00 bits per heavy atom. The SMILES string of the molecule is CCc1c(C)cc[nH]c1=O.O=C(O)CCC(=O)O. The quantitative estimate of drug-likeness (QED) is 0.748. The summed E-state index contributed by atoms with van der Waals surface area (Å²) in [5.74, 6) is -2.15. The molecule has 6 nitrogen and oxygen atoms in total. The minimum Gasteiger partial charge on any atom is -0.481 e. The number of aryl methyl sites for hydroxylation is 1. The second-order valence-corrected chi connectivity index (χ2v) is 3.61. The van der Waals surface area contributed by atoms with Crippen molar-refractivity contribution in [1.29, 1.82) is 0 Å². The molecule has 1 heterocycles. The zero-order valence-corrected chi connectivity index (χ0v) is 10.4. The molecule has 3 N–H and O–H groups in total. The first-order valence-electron chi connectivity index (χ1n) is 5.49. The molecule has 1 rings (SSSR count). The Kier molecular flexibility index (Phi) is 7.11. The molecular weight excluding hydrogens is 238 g/mol. The van der Waals surface area contributed by atoms with Gasteiger partial charge in [-0.3, -0.25) is 14.4 Å². The van der Waals surface area contributed by atoms with E-state index in [1.165, 1.54) is 0 Å². The highest BCUT2D eigenvalue weighted by molar-refractivity contribution is 5.75. The zero-order valence-electron chi connectivity index (χ0n) is 10.4. The van der Waals surface area contributed by atoms with E-state index in [1.807, 2.05) is 19.9 Å². The van der Waals surface area contributed by atoms with E-state index in [0.717, 1.165) is 17.5 Å². The monoisotopic (exact) mass is 255 g/mol. The van der Waals surface area contributed by atoms with E-state index in [1.54, 1.807) is 6.20 Å². The van der Waals surface area contributed by atoms with Gasteiger partial charge in [0.1, 0.15) is 0 Å². The summed E-state index contributed by atoms with van der Waals surface area (Å²) in [5.41, 5.74) is 2.01. The maximum absolute atomic E-state index is 11.0. The lowest BCUT2D eigenvalue weighted by atomic mass is 10.1. The molecule has 0 amide bonds. The lowest BCUT2D eigenvalue weighted by molar-refractivity contribution is -0.143. The average molecular weight is 255 g/mol. The molecule has 1 aromatic heterocycles. The molecule has 0 fully saturated rings. The van der Waals surface area contributed by atoms with Crippen molar-refractivity contribution in [3.05, 3.63) is 33.7 Å². The number of nitrogens with one attached hydrogen (secondary N) is 1. The number of carbonyl (C=O) groups is 2. The zero-order chi connectivity index (χ0) is 14.1. The van der Waals surface area contributed by atoms with Crippen molar-refractivity contribution in [3.8, 4) is 0 Å². The normalized spacial score (nSPS) is 9.22. The van der Waals surface area contributed by atoms with E-state index >= 15 is 0 Å². The Hall–Kier alpha value is -2.11. The molecule has 0 aromatic carbocycles. The number of carboxylic acids is 2. The Morgan fingerprint density at radius 2 is 1.72 bits per heavy atom. The smallest absolute Gasteiger partial charge is 0.303 e. The maximum atomic E-state index is 11.0. The summed E-state index contributed by atoms with van der Waals surface area (Å²) in [6.07, 6.45) is 1.89. The highest BCUT2D eigenvalue weighted by Gasteiger charge is 2.00. The van der Waals surface area contributed by atoms with Gasteiger partial charge in [-0.05, 0) is 25.0 Å². The van der Waals surface area contributed by atoms with Gasteiger partial charge in [0.25, 0.3) is 5.56 Å². The lowest BCUT2D eigenvalue weighted by Gasteiger charge is -1.97. The fraction of sp³-hybridized carbons (Fsp3) is 0.417. The number of hydrogen-bond donors (Lipinski definition) is 3. The number of rotatable bonds is 4. The predicted octanol–water partition coefficient (Wildman–Crippen LogP) is 1.18. The van der Waals surface area contributed by atoms with E-state index in [0.29, 0.717) is 0 Å². The van der Waals surface area contributed by atoms with Crippen LogP contribution in [0.5, 0.6) is 0 Å². The summed E-state index contributed by atoms with van der Waals surface area (Å²) in [4.78, 5) is 32.9. The molecular formula is C12H17NO5. The van der Waals surface area contributed by atoms with Gasteiger partial charge in [0, 0.05) is 11.8 Å². The first-order chi connectivity index (χ1) is 8.38. The van der Waals surface area contributed by atoms with Crippen LogP contribution in [-0.2, 0) is 16.0 Å². The summed E-state index contributed by atoms with van der Waals surface area (Å²) >= 11 is 0.